The maximum absolute atomic E-state index is 17.1. The molecule has 43 heavy (non-hydrogen) atoms. The van der Waals surface area contributed by atoms with Gasteiger partial charge in [-0.3, -0.25) is 8.97 Å². The second kappa shape index (κ2) is 9.78. The van der Waals surface area contributed by atoms with Gasteiger partial charge < -0.3 is 8.63 Å². The standard InChI is InChI=1S/C33H21BCl3F2N2S2/c1-17-3-7-19(8-4-17)28-13-24-30(42-28)15-26-32(21-11-22(35)33(37)23(36)12-21)27-16-31-25(41(27)34(38,39)40(24)26)14-29(43-31)20-9-5-18(2)6-10-20/h3-16,30H,1-2H3/q+1. The van der Waals surface area contributed by atoms with Gasteiger partial charge in [-0.25, -0.2) is 0 Å². The van der Waals surface area contributed by atoms with Crippen molar-refractivity contribution in [2.45, 2.75) is 19.1 Å². The van der Waals surface area contributed by atoms with Gasteiger partial charge in [-0.2, -0.15) is 0 Å². The van der Waals surface area contributed by atoms with Crippen molar-refractivity contribution in [2.75, 3.05) is 0 Å². The molecule has 0 bridgehead atoms. The summed E-state index contributed by atoms with van der Waals surface area (Å²) < 4.78 is 37.4. The maximum Gasteiger partial charge on any atom is 0.924 e. The molecule has 0 fully saturated rings. The zero-order chi connectivity index (χ0) is 29.8. The summed E-state index contributed by atoms with van der Waals surface area (Å²) in [6.45, 7) is -0.179. The molecule has 0 saturated carbocycles. The van der Waals surface area contributed by atoms with Crippen molar-refractivity contribution in [3.05, 3.63) is 137 Å². The first-order chi connectivity index (χ1) is 20.6. The lowest BCUT2D eigenvalue weighted by Gasteiger charge is -2.26. The third kappa shape index (κ3) is 4.20. The zero-order valence-electron chi connectivity index (χ0n) is 22.8. The van der Waals surface area contributed by atoms with Gasteiger partial charge in [-0.1, -0.05) is 94.5 Å². The molecule has 0 aliphatic carbocycles. The smallest absolute Gasteiger partial charge is 0.337 e. The number of thiophene rings is 1. The van der Waals surface area contributed by atoms with Gasteiger partial charge in [0.15, 0.2) is 22.5 Å². The van der Waals surface area contributed by atoms with Crippen molar-refractivity contribution in [3.63, 3.8) is 0 Å². The summed E-state index contributed by atoms with van der Waals surface area (Å²) in [6.07, 6.45) is 5.73. The highest BCUT2D eigenvalue weighted by Crippen LogP contribution is 2.49. The average Bonchev–Trinajstić information content (AvgIpc) is 3.71. The molecule has 4 aliphatic heterocycles. The highest BCUT2D eigenvalue weighted by atomic mass is 35.5. The topological polar surface area (TPSA) is 6.02 Å². The molecule has 4 aliphatic rings. The van der Waals surface area contributed by atoms with E-state index in [1.54, 1.807) is 23.9 Å². The number of halogens is 5. The summed E-state index contributed by atoms with van der Waals surface area (Å²) >= 11 is 22.4. The van der Waals surface area contributed by atoms with Crippen LogP contribution in [-0.2, 0) is 0 Å². The van der Waals surface area contributed by atoms with Gasteiger partial charge in [-0.05, 0) is 42.7 Å². The fraction of sp³-hybridized carbons (Fsp3) is 0.0909. The van der Waals surface area contributed by atoms with Gasteiger partial charge in [-0.15, -0.1) is 23.1 Å². The number of hydrogen-bond acceptors (Lipinski definition) is 2. The molecule has 0 saturated heterocycles. The van der Waals surface area contributed by atoms with Crippen LogP contribution in [0.1, 0.15) is 22.3 Å². The predicted octanol–water partition coefficient (Wildman–Crippen LogP) is 8.58. The Balaban J connectivity index is 1.39. The van der Waals surface area contributed by atoms with Crippen molar-refractivity contribution in [2.24, 2.45) is 0 Å². The molecular weight excluding hydrogens is 644 g/mol. The molecule has 0 N–H and O–H groups in total. The molecule has 0 radical (unpaired) electrons. The molecule has 4 aromatic rings. The van der Waals surface area contributed by atoms with E-state index in [9.17, 15) is 0 Å². The number of aryl methyl sites for hydroxylation is 2. The Kier molecular flexibility index (Phi) is 6.28. The number of hydrogen-bond donors (Lipinski definition) is 0. The third-order valence-electron chi connectivity index (χ3n) is 8.28. The molecule has 0 amide bonds. The molecule has 1 aromatic heterocycles. The predicted molar refractivity (Wildman–Crippen MR) is 180 cm³/mol. The molecule has 0 spiro atoms. The van der Waals surface area contributed by atoms with Crippen LogP contribution in [0, 0.1) is 13.8 Å². The largest absolute Gasteiger partial charge is 0.924 e. The maximum atomic E-state index is 17.1. The number of allylic oxidation sites excluding steroid dienone is 3. The second-order valence-corrected chi connectivity index (χ2v) is 14.6. The molecule has 212 valence electrons. The minimum atomic E-state index is -4.24. The molecule has 1 unspecified atom stereocenters. The van der Waals surface area contributed by atoms with E-state index in [0.717, 1.165) is 36.6 Å². The van der Waals surface area contributed by atoms with E-state index < -0.39 is 6.97 Å². The van der Waals surface area contributed by atoms with Gasteiger partial charge in [0.1, 0.15) is 15.4 Å². The van der Waals surface area contributed by atoms with E-state index in [4.69, 9.17) is 34.8 Å². The molecule has 8 rings (SSSR count). The molecule has 3 aromatic carbocycles. The molecular formula is C33H21BCl3F2N2S2+. The fourth-order valence-corrected chi connectivity index (χ4v) is 9.12. The van der Waals surface area contributed by atoms with Crippen LogP contribution in [0.5, 0.6) is 0 Å². The first kappa shape index (κ1) is 27.6. The number of rotatable bonds is 3. The Hall–Kier alpha value is -2.94. The van der Waals surface area contributed by atoms with E-state index in [1.165, 1.54) is 20.3 Å². The first-order valence-electron chi connectivity index (χ1n) is 13.7. The van der Waals surface area contributed by atoms with Crippen LogP contribution in [0.3, 0.4) is 0 Å². The monoisotopic (exact) mass is 663 g/mol. The summed E-state index contributed by atoms with van der Waals surface area (Å²) in [7, 11) is 0. The van der Waals surface area contributed by atoms with Crippen LogP contribution in [0.4, 0.5) is 8.63 Å². The van der Waals surface area contributed by atoms with Gasteiger partial charge in [0, 0.05) is 34.1 Å². The van der Waals surface area contributed by atoms with Crippen molar-refractivity contribution in [1.82, 2.24) is 4.49 Å². The Morgan fingerprint density at radius 2 is 1.40 bits per heavy atom. The van der Waals surface area contributed by atoms with Gasteiger partial charge in [0.2, 0.25) is 0 Å². The van der Waals surface area contributed by atoms with Crippen molar-refractivity contribution >= 4 is 87.1 Å². The lowest BCUT2D eigenvalue weighted by molar-refractivity contribution is -0.362. The minimum absolute atomic E-state index is 0.238. The normalized spacial score (nSPS) is 19.6. The van der Waals surface area contributed by atoms with Crippen molar-refractivity contribution < 1.29 is 13.1 Å². The lowest BCUT2D eigenvalue weighted by Crippen LogP contribution is -2.59. The molecule has 2 nitrogen and oxygen atoms in total. The molecule has 1 atom stereocenters. The van der Waals surface area contributed by atoms with Crippen LogP contribution in [0.15, 0.2) is 90.3 Å². The van der Waals surface area contributed by atoms with E-state index >= 15 is 8.63 Å². The fourth-order valence-electron chi connectivity index (χ4n) is 6.20. The van der Waals surface area contributed by atoms with Crippen LogP contribution in [-0.4, -0.2) is 22.4 Å². The highest BCUT2D eigenvalue weighted by molar-refractivity contribution is 8.10. The highest BCUT2D eigenvalue weighted by Gasteiger charge is 2.68. The molecule has 10 heteroatoms. The summed E-state index contributed by atoms with van der Waals surface area (Å²) in [4.78, 5) is 1.92. The SMILES string of the molecule is Cc1ccc(C2=CC3=[N+]4C(=CC3S2)C(c2cc(Cl)c(Cl)c(Cl)c2)=C2C=c3sc(-c5ccc(C)cc5)cc3=[N+]2[B-]4(F)F)cc1. The van der Waals surface area contributed by atoms with Crippen LogP contribution < -0.4 is 14.4 Å². The Morgan fingerprint density at radius 3 is 2.05 bits per heavy atom. The summed E-state index contributed by atoms with van der Waals surface area (Å²) in [6, 6.07) is 21.6. The number of fused-ring (bicyclic) bond motifs is 4. The third-order valence-corrected chi connectivity index (χ3v) is 11.8. The second-order valence-electron chi connectivity index (χ2n) is 11.1. The number of benzene rings is 3. The van der Waals surface area contributed by atoms with Gasteiger partial charge in [0.05, 0.1) is 15.1 Å². The van der Waals surface area contributed by atoms with E-state index in [2.05, 4.69) is 0 Å². The van der Waals surface area contributed by atoms with Crippen LogP contribution >= 0.6 is 57.9 Å². The van der Waals surface area contributed by atoms with E-state index in [-0.39, 0.29) is 20.3 Å². The van der Waals surface area contributed by atoms with Crippen LogP contribution in [0.25, 0.3) is 27.0 Å². The van der Waals surface area contributed by atoms with Crippen molar-refractivity contribution in [1.29, 1.82) is 0 Å². The van der Waals surface area contributed by atoms with Gasteiger partial charge in [0.25, 0.3) is 0 Å². The summed E-state index contributed by atoms with van der Waals surface area (Å²) in [5.74, 6) is 0. The van der Waals surface area contributed by atoms with Crippen molar-refractivity contribution in [3.8, 4) is 10.4 Å². The quantitative estimate of drug-likeness (QED) is 0.157. The first-order valence-corrected chi connectivity index (χ1v) is 16.5. The minimum Gasteiger partial charge on any atom is -0.337 e. The van der Waals surface area contributed by atoms with E-state index in [0.29, 0.717) is 33.6 Å². The van der Waals surface area contributed by atoms with E-state index in [1.807, 2.05) is 86.7 Å². The average molecular weight is 665 g/mol. The lowest BCUT2D eigenvalue weighted by atomic mass is 9.84. The Bertz CT molecular complexity index is 2160. The number of nitrogens with zero attached hydrogens (tertiary/aromatic N) is 2. The zero-order valence-corrected chi connectivity index (χ0v) is 26.7. The Morgan fingerprint density at radius 1 is 0.767 bits per heavy atom. The van der Waals surface area contributed by atoms with Gasteiger partial charge >= 0.3 is 6.97 Å². The molecule has 5 heterocycles. The Labute approximate surface area is 270 Å². The summed E-state index contributed by atoms with van der Waals surface area (Å²) in [5.41, 5.74) is 7.08. The van der Waals surface area contributed by atoms with Crippen LogP contribution in [0.2, 0.25) is 15.1 Å². The number of thioether (sulfide) groups is 1. The summed E-state index contributed by atoms with van der Waals surface area (Å²) in [5, 5.41) is 1.03.